The number of hydrogen-bond donors (Lipinski definition) is 1. The van der Waals surface area contributed by atoms with E-state index in [0.717, 1.165) is 31.6 Å². The fraction of sp³-hybridized carbons (Fsp3) is 0.733. The summed E-state index contributed by atoms with van der Waals surface area (Å²) in [4.78, 5) is 14.6. The maximum Gasteiger partial charge on any atom is 0.255 e. The highest BCUT2D eigenvalue weighted by atomic mass is 16.1. The van der Waals surface area contributed by atoms with Gasteiger partial charge in [0.25, 0.3) is 5.91 Å². The minimum Gasteiger partial charge on any atom is -0.347 e. The molecule has 1 aliphatic rings. The molecule has 2 heterocycles. The summed E-state index contributed by atoms with van der Waals surface area (Å²) in [5.41, 5.74) is 1.49. The highest BCUT2D eigenvalue weighted by Gasteiger charge is 2.31. The quantitative estimate of drug-likeness (QED) is 0.901. The molecule has 0 unspecified atom stereocenters. The van der Waals surface area contributed by atoms with Crippen molar-refractivity contribution in [3.8, 4) is 0 Å². The lowest BCUT2D eigenvalue weighted by Gasteiger charge is -2.38. The maximum atomic E-state index is 12.3. The van der Waals surface area contributed by atoms with E-state index in [1.54, 1.807) is 10.9 Å². The molecule has 114 valence electrons. The minimum absolute atomic E-state index is 0.00680. The average molecular weight is 280 g/mol. The van der Waals surface area contributed by atoms with Crippen molar-refractivity contribution in [3.05, 3.63) is 17.5 Å². The van der Waals surface area contributed by atoms with E-state index in [4.69, 9.17) is 0 Å². The van der Waals surface area contributed by atoms with Gasteiger partial charge in [0.05, 0.1) is 11.8 Å². The van der Waals surface area contributed by atoms with E-state index >= 15 is 0 Å². The zero-order chi connectivity index (χ0) is 15.3. The lowest BCUT2D eigenvalue weighted by Crippen LogP contribution is -2.52. The third-order valence-corrected chi connectivity index (χ3v) is 3.99. The van der Waals surface area contributed by atoms with Crippen LogP contribution in [0.15, 0.2) is 6.20 Å². The van der Waals surface area contributed by atoms with Gasteiger partial charge < -0.3 is 10.2 Å². The molecule has 0 bridgehead atoms. The Kier molecular flexibility index (Phi) is 5.74. The van der Waals surface area contributed by atoms with Crippen molar-refractivity contribution in [1.29, 1.82) is 0 Å². The van der Waals surface area contributed by atoms with Crippen LogP contribution < -0.4 is 5.32 Å². The molecule has 1 aromatic rings. The lowest BCUT2D eigenvalue weighted by molar-refractivity contribution is 0.0851. The Bertz CT molecular complexity index is 445. The Morgan fingerprint density at radius 1 is 1.30 bits per heavy atom. The maximum absolute atomic E-state index is 12.3. The van der Waals surface area contributed by atoms with Crippen molar-refractivity contribution in [2.75, 3.05) is 20.1 Å². The first kappa shape index (κ1) is 16.7. The zero-order valence-corrected chi connectivity index (χ0v) is 13.7. The predicted octanol–water partition coefficient (Wildman–Crippen LogP) is 1.97. The van der Waals surface area contributed by atoms with Crippen LogP contribution in [0.4, 0.5) is 0 Å². The van der Waals surface area contributed by atoms with Crippen LogP contribution in [0.1, 0.15) is 49.7 Å². The summed E-state index contributed by atoms with van der Waals surface area (Å²) in [7, 11) is 3.97. The van der Waals surface area contributed by atoms with Crippen LogP contribution in [0.5, 0.6) is 0 Å². The summed E-state index contributed by atoms with van der Waals surface area (Å²) in [6.45, 7) is 10.1. The van der Waals surface area contributed by atoms with E-state index in [0.29, 0.717) is 5.56 Å². The first-order valence-corrected chi connectivity index (χ1v) is 7.41. The molecule has 1 aliphatic heterocycles. The van der Waals surface area contributed by atoms with Crippen LogP contribution in [0, 0.1) is 6.92 Å². The highest BCUT2D eigenvalue weighted by molar-refractivity contribution is 5.95. The van der Waals surface area contributed by atoms with Crippen molar-refractivity contribution in [2.45, 2.75) is 46.1 Å². The Morgan fingerprint density at radius 2 is 1.85 bits per heavy atom. The molecule has 1 amide bonds. The third-order valence-electron chi connectivity index (χ3n) is 3.99. The average Bonchev–Trinajstić information content (AvgIpc) is 2.76. The second-order valence-corrected chi connectivity index (χ2v) is 5.59. The SMILES string of the molecule is CC.Cc1c(C(=O)NC2(C)CCN(C)CC2)cnn1C. The Hall–Kier alpha value is -1.36. The van der Waals surface area contributed by atoms with Crippen LogP contribution in [0.2, 0.25) is 0 Å². The molecular weight excluding hydrogens is 252 g/mol. The topological polar surface area (TPSA) is 50.2 Å². The number of hydrogen-bond acceptors (Lipinski definition) is 3. The number of rotatable bonds is 2. The van der Waals surface area contributed by atoms with Gasteiger partial charge in [-0.1, -0.05) is 13.8 Å². The van der Waals surface area contributed by atoms with Gasteiger partial charge in [-0.25, -0.2) is 0 Å². The van der Waals surface area contributed by atoms with Gasteiger partial charge in [-0.05, 0) is 33.7 Å². The molecule has 0 spiro atoms. The summed E-state index contributed by atoms with van der Waals surface area (Å²) in [6, 6.07) is 0. The molecule has 2 rings (SSSR count). The zero-order valence-electron chi connectivity index (χ0n) is 13.7. The largest absolute Gasteiger partial charge is 0.347 e. The number of nitrogens with zero attached hydrogens (tertiary/aromatic N) is 3. The van der Waals surface area contributed by atoms with Crippen molar-refractivity contribution in [1.82, 2.24) is 20.0 Å². The van der Waals surface area contributed by atoms with E-state index in [1.807, 2.05) is 27.8 Å². The van der Waals surface area contributed by atoms with Gasteiger partial charge in [0.1, 0.15) is 0 Å². The van der Waals surface area contributed by atoms with Gasteiger partial charge in [0.15, 0.2) is 0 Å². The number of aromatic nitrogens is 2. The first-order chi connectivity index (χ1) is 9.41. The van der Waals surface area contributed by atoms with Crippen LogP contribution in [0.3, 0.4) is 0 Å². The number of nitrogens with one attached hydrogen (secondary N) is 1. The molecule has 0 atom stereocenters. The summed E-state index contributed by atoms with van der Waals surface area (Å²) >= 11 is 0. The molecular formula is C15H28N4O. The molecule has 1 saturated heterocycles. The molecule has 5 nitrogen and oxygen atoms in total. The van der Waals surface area contributed by atoms with E-state index in [1.165, 1.54) is 0 Å². The molecule has 1 N–H and O–H groups in total. The van der Waals surface area contributed by atoms with Gasteiger partial charge in [-0.3, -0.25) is 9.48 Å². The Balaban J connectivity index is 0.000000956. The monoisotopic (exact) mass is 280 g/mol. The molecule has 1 aromatic heterocycles. The van der Waals surface area contributed by atoms with Crippen molar-refractivity contribution in [2.24, 2.45) is 7.05 Å². The summed E-state index contributed by atoms with van der Waals surface area (Å²) < 4.78 is 1.73. The fourth-order valence-corrected chi connectivity index (χ4v) is 2.30. The molecule has 20 heavy (non-hydrogen) atoms. The second-order valence-electron chi connectivity index (χ2n) is 5.59. The van der Waals surface area contributed by atoms with E-state index in [-0.39, 0.29) is 11.4 Å². The van der Waals surface area contributed by atoms with E-state index in [9.17, 15) is 4.79 Å². The molecule has 1 fully saturated rings. The van der Waals surface area contributed by atoms with Gasteiger partial charge in [-0.15, -0.1) is 0 Å². The van der Waals surface area contributed by atoms with Crippen LogP contribution >= 0.6 is 0 Å². The number of carbonyl (C=O) groups is 1. The normalized spacial score (nSPS) is 18.1. The molecule has 5 heteroatoms. The smallest absolute Gasteiger partial charge is 0.255 e. The summed E-state index contributed by atoms with van der Waals surface area (Å²) in [6.07, 6.45) is 3.63. The number of aryl methyl sites for hydroxylation is 1. The van der Waals surface area contributed by atoms with Crippen LogP contribution in [0.25, 0.3) is 0 Å². The highest BCUT2D eigenvalue weighted by Crippen LogP contribution is 2.21. The van der Waals surface area contributed by atoms with Crippen molar-refractivity contribution in [3.63, 3.8) is 0 Å². The minimum atomic E-state index is -0.0914. The van der Waals surface area contributed by atoms with Crippen LogP contribution in [-0.2, 0) is 7.05 Å². The second kappa shape index (κ2) is 6.88. The van der Waals surface area contributed by atoms with Gasteiger partial charge in [-0.2, -0.15) is 5.10 Å². The standard InChI is InChI=1S/C13H22N4O.C2H6/c1-10-11(9-14-17(10)4)12(18)15-13(2)5-7-16(3)8-6-13;1-2/h9H,5-8H2,1-4H3,(H,15,18);1-2H3. The number of piperidine rings is 1. The Labute approximate surface area is 122 Å². The van der Waals surface area contributed by atoms with Gasteiger partial charge in [0, 0.05) is 31.4 Å². The Morgan fingerprint density at radius 3 is 2.30 bits per heavy atom. The fourth-order valence-electron chi connectivity index (χ4n) is 2.30. The van der Waals surface area contributed by atoms with Crippen molar-refractivity contribution >= 4 is 5.91 Å². The lowest BCUT2D eigenvalue weighted by atomic mass is 9.89. The predicted molar refractivity (Wildman–Crippen MR) is 81.9 cm³/mol. The van der Waals surface area contributed by atoms with E-state index < -0.39 is 0 Å². The van der Waals surface area contributed by atoms with Crippen molar-refractivity contribution < 1.29 is 4.79 Å². The third kappa shape index (κ3) is 3.82. The van der Waals surface area contributed by atoms with Gasteiger partial charge >= 0.3 is 0 Å². The molecule has 0 aliphatic carbocycles. The number of likely N-dealkylation sites (tertiary alicyclic amines) is 1. The summed E-state index contributed by atoms with van der Waals surface area (Å²) in [5.74, 6) is -0.00680. The first-order valence-electron chi connectivity index (χ1n) is 7.41. The van der Waals surface area contributed by atoms with E-state index in [2.05, 4.69) is 29.3 Å². The molecule has 0 radical (unpaired) electrons. The van der Waals surface area contributed by atoms with Gasteiger partial charge in [0.2, 0.25) is 0 Å². The van der Waals surface area contributed by atoms with Crippen LogP contribution in [-0.4, -0.2) is 46.3 Å². The summed E-state index contributed by atoms with van der Waals surface area (Å²) in [5, 5.41) is 7.28. The molecule has 0 saturated carbocycles. The number of amides is 1. The number of carbonyl (C=O) groups excluding carboxylic acids is 1. The molecule has 0 aromatic carbocycles.